The molecule has 0 saturated carbocycles. The molecular weight excluding hydrogens is 198 g/mol. The smallest absolute Gasteiger partial charge is 0.0218 e. The van der Waals surface area contributed by atoms with Crippen molar-refractivity contribution in [1.29, 1.82) is 0 Å². The number of rotatable bonds is 5. The van der Waals surface area contributed by atoms with Crippen molar-refractivity contribution in [1.82, 2.24) is 15.1 Å². The number of hydrogen-bond donors (Lipinski definition) is 1. The second-order valence-corrected chi connectivity index (χ2v) is 5.31. The summed E-state index contributed by atoms with van der Waals surface area (Å²) in [5.74, 6) is 0.728. The van der Waals surface area contributed by atoms with Crippen LogP contribution in [0.15, 0.2) is 0 Å². The number of nitrogens with zero attached hydrogens (tertiary/aromatic N) is 2. The van der Waals surface area contributed by atoms with Crippen molar-refractivity contribution >= 4 is 0 Å². The Balaban J connectivity index is 2.47. The average molecular weight is 227 g/mol. The van der Waals surface area contributed by atoms with Gasteiger partial charge in [-0.1, -0.05) is 13.8 Å². The molecule has 0 aliphatic carbocycles. The fourth-order valence-corrected chi connectivity index (χ4v) is 2.63. The molecule has 3 nitrogen and oxygen atoms in total. The van der Waals surface area contributed by atoms with E-state index in [9.17, 15) is 0 Å². The third kappa shape index (κ3) is 3.44. The van der Waals surface area contributed by atoms with Crippen LogP contribution in [0.3, 0.4) is 0 Å². The monoisotopic (exact) mass is 227 g/mol. The summed E-state index contributed by atoms with van der Waals surface area (Å²) in [5, 5.41) is 3.28. The minimum absolute atomic E-state index is 0.690. The van der Waals surface area contributed by atoms with Gasteiger partial charge in [-0.3, -0.25) is 4.90 Å². The first-order valence-corrected chi connectivity index (χ1v) is 6.69. The lowest BCUT2D eigenvalue weighted by atomic mass is 9.99. The third-order valence-electron chi connectivity index (χ3n) is 4.21. The molecule has 1 fully saturated rings. The standard InChI is InChI=1S/C13H29N3/c1-6-13-10-16(8-7-15(13)5)12(3)11(2)9-14-4/h11-14H,6-10H2,1-5H3. The van der Waals surface area contributed by atoms with Crippen molar-refractivity contribution in [3.05, 3.63) is 0 Å². The Morgan fingerprint density at radius 3 is 2.56 bits per heavy atom. The van der Waals surface area contributed by atoms with Crippen molar-refractivity contribution in [3.8, 4) is 0 Å². The maximum Gasteiger partial charge on any atom is 0.0218 e. The van der Waals surface area contributed by atoms with Gasteiger partial charge in [0.05, 0.1) is 0 Å². The largest absolute Gasteiger partial charge is 0.319 e. The quantitative estimate of drug-likeness (QED) is 0.763. The van der Waals surface area contributed by atoms with Gasteiger partial charge >= 0.3 is 0 Å². The van der Waals surface area contributed by atoms with Gasteiger partial charge in [0, 0.05) is 31.7 Å². The molecule has 1 heterocycles. The Morgan fingerprint density at radius 2 is 2.00 bits per heavy atom. The molecule has 1 saturated heterocycles. The van der Waals surface area contributed by atoms with Crippen LogP contribution in [-0.4, -0.2) is 62.2 Å². The molecule has 1 rings (SSSR count). The summed E-state index contributed by atoms with van der Waals surface area (Å²) in [6, 6.07) is 1.44. The Kier molecular flexibility index (Phi) is 5.73. The van der Waals surface area contributed by atoms with Gasteiger partial charge in [0.15, 0.2) is 0 Å². The Morgan fingerprint density at radius 1 is 1.31 bits per heavy atom. The summed E-state index contributed by atoms with van der Waals surface area (Å²) < 4.78 is 0. The van der Waals surface area contributed by atoms with E-state index in [4.69, 9.17) is 0 Å². The molecule has 16 heavy (non-hydrogen) atoms. The summed E-state index contributed by atoms with van der Waals surface area (Å²) in [4.78, 5) is 5.17. The Bertz CT molecular complexity index is 196. The van der Waals surface area contributed by atoms with Gasteiger partial charge in [0.1, 0.15) is 0 Å². The number of hydrogen-bond acceptors (Lipinski definition) is 3. The van der Waals surface area contributed by atoms with Crippen molar-refractivity contribution in [2.24, 2.45) is 5.92 Å². The average Bonchev–Trinajstić information content (AvgIpc) is 2.29. The van der Waals surface area contributed by atoms with E-state index in [2.05, 4.69) is 42.9 Å². The minimum atomic E-state index is 0.690. The van der Waals surface area contributed by atoms with Crippen LogP contribution in [0.5, 0.6) is 0 Å². The van der Waals surface area contributed by atoms with Gasteiger partial charge < -0.3 is 10.2 Å². The molecule has 1 aliphatic heterocycles. The van der Waals surface area contributed by atoms with Crippen LogP contribution in [-0.2, 0) is 0 Å². The fraction of sp³-hybridized carbons (Fsp3) is 1.00. The maximum atomic E-state index is 3.28. The van der Waals surface area contributed by atoms with Crippen LogP contribution in [0.25, 0.3) is 0 Å². The summed E-state index contributed by atoms with van der Waals surface area (Å²) in [6.07, 6.45) is 1.26. The summed E-state index contributed by atoms with van der Waals surface area (Å²) >= 11 is 0. The van der Waals surface area contributed by atoms with Crippen LogP contribution in [0.2, 0.25) is 0 Å². The van der Waals surface area contributed by atoms with E-state index in [1.165, 1.54) is 26.1 Å². The molecule has 96 valence electrons. The number of piperazine rings is 1. The highest BCUT2D eigenvalue weighted by Gasteiger charge is 2.27. The predicted molar refractivity (Wildman–Crippen MR) is 70.8 cm³/mol. The van der Waals surface area contributed by atoms with Gasteiger partial charge in [-0.05, 0) is 39.9 Å². The molecule has 1 N–H and O–H groups in total. The van der Waals surface area contributed by atoms with Crippen LogP contribution in [0.4, 0.5) is 0 Å². The molecule has 3 unspecified atom stereocenters. The van der Waals surface area contributed by atoms with Crippen LogP contribution in [0, 0.1) is 5.92 Å². The fourth-order valence-electron chi connectivity index (χ4n) is 2.63. The Labute approximate surface area is 101 Å². The van der Waals surface area contributed by atoms with E-state index in [1.54, 1.807) is 0 Å². The molecule has 0 radical (unpaired) electrons. The molecule has 0 bridgehead atoms. The molecule has 3 atom stereocenters. The third-order valence-corrected chi connectivity index (χ3v) is 4.21. The highest BCUT2D eigenvalue weighted by atomic mass is 15.3. The van der Waals surface area contributed by atoms with Gasteiger partial charge in [0.2, 0.25) is 0 Å². The van der Waals surface area contributed by atoms with Gasteiger partial charge in [-0.25, -0.2) is 0 Å². The van der Waals surface area contributed by atoms with Gasteiger partial charge in [-0.15, -0.1) is 0 Å². The minimum Gasteiger partial charge on any atom is -0.319 e. The van der Waals surface area contributed by atoms with Crippen LogP contribution >= 0.6 is 0 Å². The molecule has 1 aliphatic rings. The summed E-state index contributed by atoms with van der Waals surface area (Å²) in [5.41, 5.74) is 0. The zero-order valence-electron chi connectivity index (χ0n) is 11.7. The van der Waals surface area contributed by atoms with Gasteiger partial charge in [0.25, 0.3) is 0 Å². The SMILES string of the molecule is CCC1CN(C(C)C(C)CNC)CCN1C. The molecule has 0 aromatic heterocycles. The van der Waals surface area contributed by atoms with E-state index in [0.29, 0.717) is 6.04 Å². The van der Waals surface area contributed by atoms with E-state index in [-0.39, 0.29) is 0 Å². The zero-order chi connectivity index (χ0) is 12.1. The van der Waals surface area contributed by atoms with E-state index in [1.807, 2.05) is 7.05 Å². The highest BCUT2D eigenvalue weighted by molar-refractivity contribution is 4.84. The normalized spacial score (nSPS) is 27.9. The molecule has 0 amide bonds. The Hall–Kier alpha value is -0.120. The maximum absolute atomic E-state index is 3.28. The van der Waals surface area contributed by atoms with Crippen molar-refractivity contribution < 1.29 is 0 Å². The lowest BCUT2D eigenvalue weighted by molar-refractivity contribution is 0.0507. The van der Waals surface area contributed by atoms with Gasteiger partial charge in [-0.2, -0.15) is 0 Å². The number of nitrogens with one attached hydrogen (secondary N) is 1. The lowest BCUT2D eigenvalue weighted by Gasteiger charge is -2.43. The zero-order valence-corrected chi connectivity index (χ0v) is 11.7. The second-order valence-electron chi connectivity index (χ2n) is 5.31. The van der Waals surface area contributed by atoms with Crippen molar-refractivity contribution in [3.63, 3.8) is 0 Å². The number of likely N-dealkylation sites (N-methyl/N-ethyl adjacent to an activating group) is 1. The van der Waals surface area contributed by atoms with E-state index in [0.717, 1.165) is 18.5 Å². The topological polar surface area (TPSA) is 18.5 Å². The second kappa shape index (κ2) is 6.58. The predicted octanol–water partition coefficient (Wildman–Crippen LogP) is 1.26. The molecule has 3 heteroatoms. The van der Waals surface area contributed by atoms with Crippen molar-refractivity contribution in [2.75, 3.05) is 40.3 Å². The lowest BCUT2D eigenvalue weighted by Crippen LogP contribution is -2.55. The highest BCUT2D eigenvalue weighted by Crippen LogP contribution is 2.17. The summed E-state index contributed by atoms with van der Waals surface area (Å²) in [6.45, 7) is 11.8. The molecule has 0 aromatic rings. The first-order chi connectivity index (χ1) is 7.60. The summed E-state index contributed by atoms with van der Waals surface area (Å²) in [7, 11) is 4.30. The van der Waals surface area contributed by atoms with Crippen LogP contribution < -0.4 is 5.32 Å². The van der Waals surface area contributed by atoms with E-state index >= 15 is 0 Å². The molecule has 0 aromatic carbocycles. The molecular formula is C13H29N3. The first kappa shape index (κ1) is 13.9. The first-order valence-electron chi connectivity index (χ1n) is 6.69. The van der Waals surface area contributed by atoms with E-state index < -0.39 is 0 Å². The molecule has 0 spiro atoms. The van der Waals surface area contributed by atoms with Crippen LogP contribution in [0.1, 0.15) is 27.2 Å². The van der Waals surface area contributed by atoms with Crippen molar-refractivity contribution in [2.45, 2.75) is 39.3 Å².